The predicted octanol–water partition coefficient (Wildman–Crippen LogP) is 20.8. The highest BCUT2D eigenvalue weighted by Gasteiger charge is 2.30. The third-order valence-corrected chi connectivity index (χ3v) is 16.8. The number of carbonyl (C=O) groups is 4. The molecule has 5 unspecified atom stereocenters. The molecular formula is C77H130O17P2. The third-order valence-electron chi connectivity index (χ3n) is 14.9. The van der Waals surface area contributed by atoms with Gasteiger partial charge in [-0.15, -0.1) is 0 Å². The van der Waals surface area contributed by atoms with Gasteiger partial charge in [0.1, 0.15) is 19.3 Å². The van der Waals surface area contributed by atoms with Gasteiger partial charge in [-0.2, -0.15) is 0 Å². The SMILES string of the molecule is CC/C=C\C/C=C\C/C=C\C/C=C\CCCCCCC(=O)OCC(COP(=O)(O)OCC(O)COP(=O)(O)OCC(COC(=O)CCCC/C=C\C/C=C\C/C=C\C/C=C\CC)OC(=O)CCCCCCCCCCCCC)OC(=O)CCCCCCC/C=C\C/C=C\CCC. The first-order valence-corrected chi connectivity index (χ1v) is 39.8. The number of esters is 4. The standard InChI is InChI=1S/C77H130O17P2/c1-5-9-13-17-21-25-29-32-34-35-37-40-43-46-50-54-58-62-75(80)88-68-73(94-77(82)64-60-56-52-48-44-38-31-27-23-19-15-11-7-3)70-92-96(85,86)90-66-71(78)65-89-95(83,84)91-69-72(93-76(81)63-59-55-51-47-41-28-24-20-16-12-8-4)67-87-74(79)61-57-53-49-45-42-39-36-33-30-26-22-18-14-10-6-2/h9-10,13-15,19,21-22,25-27,31-34,36-37,40,42,45,71-73,78H,5-8,11-12,16-18,20,23-24,28-30,35,38-39,41,43-44,46-70H2,1-4H3,(H,83,84)(H,85,86)/b13-9-,14-10-,19-15-,25-21-,26-22-,31-27-,34-32-,36-33-,40-37-,45-42-. The highest BCUT2D eigenvalue weighted by atomic mass is 31.2. The predicted molar refractivity (Wildman–Crippen MR) is 390 cm³/mol. The van der Waals surface area contributed by atoms with Crippen LogP contribution in [0.4, 0.5) is 0 Å². The second kappa shape index (κ2) is 69.0. The summed E-state index contributed by atoms with van der Waals surface area (Å²) in [5, 5.41) is 10.6. The smallest absolute Gasteiger partial charge is 0.462 e. The van der Waals surface area contributed by atoms with Gasteiger partial charge in [0.05, 0.1) is 26.4 Å². The van der Waals surface area contributed by atoms with E-state index in [2.05, 4.69) is 149 Å². The molecule has 0 saturated heterocycles. The largest absolute Gasteiger partial charge is 0.472 e. The molecular weight excluding hydrogens is 1260 g/mol. The van der Waals surface area contributed by atoms with E-state index >= 15 is 0 Å². The summed E-state index contributed by atoms with van der Waals surface area (Å²) in [6.07, 6.45) is 73.5. The minimum absolute atomic E-state index is 0.0700. The summed E-state index contributed by atoms with van der Waals surface area (Å²) >= 11 is 0. The first-order chi connectivity index (χ1) is 46.7. The number of allylic oxidation sites excluding steroid dienone is 20. The highest BCUT2D eigenvalue weighted by Crippen LogP contribution is 2.45. The van der Waals surface area contributed by atoms with E-state index in [1.807, 2.05) is 0 Å². The maximum atomic E-state index is 13.1. The van der Waals surface area contributed by atoms with E-state index in [4.69, 9.17) is 37.0 Å². The summed E-state index contributed by atoms with van der Waals surface area (Å²) in [7, 11) is -9.96. The Morgan fingerprint density at radius 3 is 0.896 bits per heavy atom. The molecule has 550 valence electrons. The number of rotatable bonds is 68. The molecule has 0 aromatic rings. The van der Waals surface area contributed by atoms with E-state index < -0.39 is 97.5 Å². The van der Waals surface area contributed by atoms with Gasteiger partial charge in [-0.25, -0.2) is 9.13 Å². The van der Waals surface area contributed by atoms with Crippen LogP contribution >= 0.6 is 15.6 Å². The third kappa shape index (κ3) is 68.0. The maximum Gasteiger partial charge on any atom is 0.472 e. The monoisotopic (exact) mass is 1390 g/mol. The lowest BCUT2D eigenvalue weighted by atomic mass is 10.1. The maximum absolute atomic E-state index is 13.1. The summed E-state index contributed by atoms with van der Waals surface area (Å²) in [5.74, 6) is -2.26. The fourth-order valence-electron chi connectivity index (χ4n) is 9.36. The van der Waals surface area contributed by atoms with Crippen LogP contribution in [0.1, 0.15) is 285 Å². The van der Waals surface area contributed by atoms with Crippen molar-refractivity contribution in [3.05, 3.63) is 122 Å². The fourth-order valence-corrected chi connectivity index (χ4v) is 10.9. The van der Waals surface area contributed by atoms with Crippen LogP contribution in [-0.2, 0) is 65.4 Å². The molecule has 0 aliphatic heterocycles. The van der Waals surface area contributed by atoms with Gasteiger partial charge in [-0.1, -0.05) is 252 Å². The molecule has 19 heteroatoms. The van der Waals surface area contributed by atoms with Crippen molar-refractivity contribution in [2.75, 3.05) is 39.6 Å². The lowest BCUT2D eigenvalue weighted by Crippen LogP contribution is -2.30. The molecule has 0 amide bonds. The fraction of sp³-hybridized carbons (Fsp3) is 0.688. The van der Waals surface area contributed by atoms with Crippen LogP contribution in [0, 0.1) is 0 Å². The molecule has 0 aliphatic carbocycles. The Bertz CT molecular complexity index is 2300. The highest BCUT2D eigenvalue weighted by molar-refractivity contribution is 7.47. The number of aliphatic hydroxyl groups excluding tert-OH is 1. The minimum Gasteiger partial charge on any atom is -0.462 e. The van der Waals surface area contributed by atoms with Crippen molar-refractivity contribution in [2.45, 2.75) is 303 Å². The number of carbonyl (C=O) groups excluding carboxylic acids is 4. The Hall–Kier alpha value is -4.54. The van der Waals surface area contributed by atoms with E-state index in [0.717, 1.165) is 167 Å². The van der Waals surface area contributed by atoms with Crippen molar-refractivity contribution >= 4 is 39.5 Å². The molecule has 0 fully saturated rings. The van der Waals surface area contributed by atoms with Gasteiger partial charge in [0.15, 0.2) is 12.2 Å². The topological polar surface area (TPSA) is 237 Å². The number of phosphoric ester groups is 2. The van der Waals surface area contributed by atoms with Crippen molar-refractivity contribution in [3.63, 3.8) is 0 Å². The Morgan fingerprint density at radius 2 is 0.562 bits per heavy atom. The van der Waals surface area contributed by atoms with Crippen LogP contribution in [-0.4, -0.2) is 96.7 Å². The molecule has 0 heterocycles. The molecule has 0 spiro atoms. The van der Waals surface area contributed by atoms with Crippen LogP contribution in [0.15, 0.2) is 122 Å². The van der Waals surface area contributed by atoms with Crippen molar-refractivity contribution in [3.8, 4) is 0 Å². The number of hydrogen-bond acceptors (Lipinski definition) is 15. The first kappa shape index (κ1) is 91.5. The zero-order valence-electron chi connectivity index (χ0n) is 59.8. The normalized spacial score (nSPS) is 14.7. The lowest BCUT2D eigenvalue weighted by molar-refractivity contribution is -0.161. The second-order valence-electron chi connectivity index (χ2n) is 24.1. The first-order valence-electron chi connectivity index (χ1n) is 36.8. The van der Waals surface area contributed by atoms with E-state index in [1.165, 1.54) is 38.5 Å². The van der Waals surface area contributed by atoms with Crippen molar-refractivity contribution in [1.29, 1.82) is 0 Å². The Balaban J connectivity index is 5.38. The summed E-state index contributed by atoms with van der Waals surface area (Å²) in [6, 6.07) is 0. The van der Waals surface area contributed by atoms with Gasteiger partial charge >= 0.3 is 39.5 Å². The molecule has 3 N–H and O–H groups in total. The molecule has 5 atom stereocenters. The molecule has 0 aliphatic rings. The van der Waals surface area contributed by atoms with Crippen LogP contribution in [0.5, 0.6) is 0 Å². The number of ether oxygens (including phenoxy) is 4. The number of phosphoric acid groups is 2. The molecule has 0 aromatic heterocycles. The zero-order chi connectivity index (χ0) is 70.4. The van der Waals surface area contributed by atoms with Crippen molar-refractivity contribution in [2.24, 2.45) is 0 Å². The van der Waals surface area contributed by atoms with Crippen molar-refractivity contribution < 1.29 is 80.2 Å². The summed E-state index contributed by atoms with van der Waals surface area (Å²) in [5.41, 5.74) is 0. The van der Waals surface area contributed by atoms with E-state index in [0.29, 0.717) is 25.7 Å². The Morgan fingerprint density at radius 1 is 0.302 bits per heavy atom. The van der Waals surface area contributed by atoms with E-state index in [-0.39, 0.29) is 25.7 Å². The van der Waals surface area contributed by atoms with Gasteiger partial charge in [0.25, 0.3) is 0 Å². The molecule has 96 heavy (non-hydrogen) atoms. The molecule has 0 saturated carbocycles. The summed E-state index contributed by atoms with van der Waals surface area (Å²) < 4.78 is 68.3. The van der Waals surface area contributed by atoms with E-state index in [1.54, 1.807) is 0 Å². The quantitative estimate of drug-likeness (QED) is 0.0169. The number of unbranched alkanes of at least 4 members (excludes halogenated alkanes) is 22. The van der Waals surface area contributed by atoms with Crippen LogP contribution in [0.3, 0.4) is 0 Å². The molecule has 0 bridgehead atoms. The Labute approximate surface area is 581 Å². The van der Waals surface area contributed by atoms with Crippen molar-refractivity contribution in [1.82, 2.24) is 0 Å². The van der Waals surface area contributed by atoms with Gasteiger partial charge in [-0.05, 0) is 128 Å². The second-order valence-corrected chi connectivity index (χ2v) is 27.0. The van der Waals surface area contributed by atoms with Crippen LogP contribution < -0.4 is 0 Å². The number of aliphatic hydroxyl groups is 1. The van der Waals surface area contributed by atoms with Gasteiger partial charge in [0.2, 0.25) is 0 Å². The molecule has 0 aromatic carbocycles. The van der Waals surface area contributed by atoms with Crippen LogP contribution in [0.2, 0.25) is 0 Å². The summed E-state index contributed by atoms with van der Waals surface area (Å²) in [4.78, 5) is 72.7. The molecule has 17 nitrogen and oxygen atoms in total. The summed E-state index contributed by atoms with van der Waals surface area (Å²) in [6.45, 7) is 4.47. The molecule has 0 rings (SSSR count). The molecule has 0 radical (unpaired) electrons. The lowest BCUT2D eigenvalue weighted by Gasteiger charge is -2.21. The van der Waals surface area contributed by atoms with Gasteiger partial charge in [-0.3, -0.25) is 37.3 Å². The van der Waals surface area contributed by atoms with Crippen LogP contribution in [0.25, 0.3) is 0 Å². The van der Waals surface area contributed by atoms with Gasteiger partial charge in [0, 0.05) is 25.7 Å². The minimum atomic E-state index is -4.98. The average Bonchev–Trinajstić information content (AvgIpc) is 1.17. The van der Waals surface area contributed by atoms with E-state index in [9.17, 15) is 43.2 Å². The van der Waals surface area contributed by atoms with Gasteiger partial charge < -0.3 is 33.8 Å². The Kier molecular flexibility index (Phi) is 65.7. The zero-order valence-corrected chi connectivity index (χ0v) is 61.5. The number of hydrogen-bond donors (Lipinski definition) is 3. The average molecular weight is 1390 g/mol.